The molecule has 4 heterocycles. The number of aromatic nitrogens is 2. The predicted molar refractivity (Wildman–Crippen MR) is 187 cm³/mol. The molecular weight excluding hydrogens is 673 g/mol. The van der Waals surface area contributed by atoms with Crippen molar-refractivity contribution in [3.8, 4) is 12.1 Å². The Morgan fingerprint density at radius 3 is 1.48 bits per heavy atom. The molecule has 6 unspecified atom stereocenters. The van der Waals surface area contributed by atoms with E-state index in [1.807, 2.05) is 13.8 Å². The smallest absolute Gasteiger partial charge is 0.136 e. The molecule has 0 saturated heterocycles. The number of aliphatic hydroxyl groups is 2. The molecule has 258 valence electrons. The van der Waals surface area contributed by atoms with Crippen LogP contribution in [0.25, 0.3) is 0 Å². The van der Waals surface area contributed by atoms with Crippen LogP contribution in [0.2, 0.25) is 0 Å². The van der Waals surface area contributed by atoms with Gasteiger partial charge in [-0.05, 0) is 88.1 Å². The third-order valence-electron chi connectivity index (χ3n) is 10.1. The number of nitriles is 2. The Labute approximate surface area is 299 Å². The second kappa shape index (κ2) is 13.5. The summed E-state index contributed by atoms with van der Waals surface area (Å²) in [6.07, 6.45) is 3.31. The van der Waals surface area contributed by atoms with Gasteiger partial charge in [0.15, 0.2) is 0 Å². The lowest BCUT2D eigenvalue weighted by atomic mass is 9.64. The number of thioether (sulfide) groups is 2. The van der Waals surface area contributed by atoms with Crippen molar-refractivity contribution in [1.29, 1.82) is 10.5 Å². The van der Waals surface area contributed by atoms with E-state index >= 15 is 0 Å². The molecule has 0 radical (unpaired) electrons. The highest BCUT2D eigenvalue weighted by molar-refractivity contribution is 8.02. The van der Waals surface area contributed by atoms with Gasteiger partial charge in [0, 0.05) is 35.7 Å². The molecular formula is C38H38N4O6S2. The minimum atomic E-state index is -1.41. The molecule has 0 fully saturated rings. The number of rotatable bonds is 9. The van der Waals surface area contributed by atoms with E-state index in [-0.39, 0.29) is 24.4 Å². The van der Waals surface area contributed by atoms with E-state index in [1.165, 1.54) is 49.9 Å². The zero-order valence-corrected chi connectivity index (χ0v) is 30.4. The predicted octanol–water partition coefficient (Wildman–Crippen LogP) is 6.20. The number of carbonyl (C=O) groups excluding carboxylic acids is 2. The Kier molecular flexibility index (Phi) is 9.61. The molecule has 0 bridgehead atoms. The fraction of sp³-hybridized carbons (Fsp3) is 0.421. The van der Waals surface area contributed by atoms with E-state index in [4.69, 9.17) is 18.8 Å². The first-order chi connectivity index (χ1) is 23.7. The summed E-state index contributed by atoms with van der Waals surface area (Å²) in [5, 5.41) is 45.0. The van der Waals surface area contributed by atoms with E-state index < -0.39 is 34.9 Å². The molecule has 0 amide bonds. The Morgan fingerprint density at radius 2 is 1.18 bits per heavy atom. The number of aryl methyl sites for hydroxylation is 2. The van der Waals surface area contributed by atoms with Gasteiger partial charge in [-0.25, -0.2) is 9.97 Å². The second-order valence-corrected chi connectivity index (χ2v) is 15.9. The maximum absolute atomic E-state index is 12.9. The third-order valence-corrected chi connectivity index (χ3v) is 12.3. The summed E-state index contributed by atoms with van der Waals surface area (Å²) in [5.41, 5.74) is 2.05. The van der Waals surface area contributed by atoms with Crippen LogP contribution in [-0.4, -0.2) is 54.5 Å². The quantitative estimate of drug-likeness (QED) is 0.149. The van der Waals surface area contributed by atoms with Gasteiger partial charge >= 0.3 is 0 Å². The molecule has 4 aromatic rings. The molecule has 6 atom stereocenters. The number of pyridine rings is 2. The van der Waals surface area contributed by atoms with E-state index in [2.05, 4.69) is 12.1 Å². The monoisotopic (exact) mass is 710 g/mol. The van der Waals surface area contributed by atoms with Gasteiger partial charge in [0.1, 0.15) is 45.3 Å². The molecule has 6 rings (SSSR count). The number of hydrogen-bond donors (Lipinski definition) is 2. The van der Waals surface area contributed by atoms with Gasteiger partial charge < -0.3 is 19.0 Å². The fourth-order valence-electron chi connectivity index (χ4n) is 8.29. The Hall–Kier alpha value is -4.20. The van der Waals surface area contributed by atoms with Crippen molar-refractivity contribution < 1.29 is 28.6 Å². The van der Waals surface area contributed by atoms with Crippen LogP contribution in [0.3, 0.4) is 0 Å². The molecule has 2 aliphatic rings. The first-order valence-electron chi connectivity index (χ1n) is 16.4. The molecule has 2 N–H and O–H groups in total. The fourth-order valence-corrected chi connectivity index (χ4v) is 10.4. The number of carbonyl (C=O) groups is 2. The number of nitrogens with zero attached hydrogens (tertiary/aromatic N) is 4. The van der Waals surface area contributed by atoms with Crippen LogP contribution >= 0.6 is 23.5 Å². The van der Waals surface area contributed by atoms with Crippen molar-refractivity contribution in [2.24, 2.45) is 11.8 Å². The lowest BCUT2D eigenvalue weighted by molar-refractivity contribution is -0.132. The summed E-state index contributed by atoms with van der Waals surface area (Å²) in [5.74, 6) is -0.921. The lowest BCUT2D eigenvalue weighted by Gasteiger charge is -2.42. The molecule has 2 aliphatic carbocycles. The van der Waals surface area contributed by atoms with Crippen LogP contribution in [0.5, 0.6) is 0 Å². The summed E-state index contributed by atoms with van der Waals surface area (Å²) < 4.78 is 11.5. The van der Waals surface area contributed by atoms with Gasteiger partial charge in [-0.2, -0.15) is 10.5 Å². The highest BCUT2D eigenvalue weighted by Gasteiger charge is 2.51. The van der Waals surface area contributed by atoms with Crippen LogP contribution in [0.15, 0.2) is 55.7 Å². The van der Waals surface area contributed by atoms with Crippen molar-refractivity contribution in [3.05, 3.63) is 93.1 Å². The second-order valence-electron chi connectivity index (χ2n) is 13.7. The number of fused-ring (bicyclic) bond motifs is 2. The molecule has 4 aromatic heterocycles. The maximum Gasteiger partial charge on any atom is 0.136 e. The van der Waals surface area contributed by atoms with Crippen molar-refractivity contribution in [2.75, 3.05) is 11.5 Å². The van der Waals surface area contributed by atoms with Crippen molar-refractivity contribution in [2.45, 2.75) is 87.5 Å². The van der Waals surface area contributed by atoms with Gasteiger partial charge in [0.05, 0.1) is 58.5 Å². The van der Waals surface area contributed by atoms with Crippen LogP contribution < -0.4 is 0 Å². The van der Waals surface area contributed by atoms with E-state index in [0.29, 0.717) is 66.7 Å². The number of furan rings is 2. The average molecular weight is 711 g/mol. The molecule has 10 nitrogen and oxygen atoms in total. The van der Waals surface area contributed by atoms with E-state index in [9.17, 15) is 30.3 Å². The number of hydrogen-bond acceptors (Lipinski definition) is 12. The van der Waals surface area contributed by atoms with Gasteiger partial charge in [-0.1, -0.05) is 0 Å². The minimum Gasteiger partial charge on any atom is -0.469 e. The SMILES string of the molecule is CC(=O)C1C(c2ccco2)c2c(C)nc(SCCSc3nc(C)c4c(c3C#N)CC(C)(O)C(C(C)=O)C4c3ccco3)c(C#N)c2CC1(C)O. The summed E-state index contributed by atoms with van der Waals surface area (Å²) in [6, 6.07) is 11.7. The highest BCUT2D eigenvalue weighted by atomic mass is 32.2. The third kappa shape index (κ3) is 6.09. The molecule has 12 heteroatoms. The molecule has 0 spiro atoms. The van der Waals surface area contributed by atoms with Gasteiger partial charge in [-0.3, -0.25) is 9.59 Å². The summed E-state index contributed by atoms with van der Waals surface area (Å²) in [6.45, 7) is 9.91. The van der Waals surface area contributed by atoms with Crippen molar-refractivity contribution in [3.63, 3.8) is 0 Å². The zero-order chi connectivity index (χ0) is 36.1. The minimum absolute atomic E-state index is 0.121. The van der Waals surface area contributed by atoms with Gasteiger partial charge in [-0.15, -0.1) is 23.5 Å². The normalized spacial score (nSPS) is 25.6. The zero-order valence-electron chi connectivity index (χ0n) is 28.7. The summed E-state index contributed by atoms with van der Waals surface area (Å²) >= 11 is 2.81. The lowest BCUT2D eigenvalue weighted by Crippen LogP contribution is -2.48. The van der Waals surface area contributed by atoms with E-state index in [0.717, 1.165) is 11.1 Å². The Balaban J connectivity index is 1.30. The summed E-state index contributed by atoms with van der Waals surface area (Å²) in [4.78, 5) is 35.5. The standard InChI is InChI=1S/C38H38N4O6S2/c1-19-29-23(15-37(5,45)33(21(3)43)31(29)27-9-7-11-47-27)25(17-39)35(41-19)49-13-14-50-36-26(18-40)24-16-38(6,46)34(22(4)44)32(28-10-8-12-48-28)30(24)20(2)42-36/h7-12,31-34,45-46H,13-16H2,1-6H3. The Morgan fingerprint density at radius 1 is 0.800 bits per heavy atom. The Bertz CT molecular complexity index is 1910. The first-order valence-corrected chi connectivity index (χ1v) is 18.3. The van der Waals surface area contributed by atoms with Crippen molar-refractivity contribution in [1.82, 2.24) is 9.97 Å². The average Bonchev–Trinajstić information content (AvgIpc) is 3.76. The first kappa shape index (κ1) is 35.6. The molecule has 0 aliphatic heterocycles. The maximum atomic E-state index is 12.9. The largest absolute Gasteiger partial charge is 0.469 e. The molecule has 0 saturated carbocycles. The van der Waals surface area contributed by atoms with E-state index in [1.54, 1.807) is 38.1 Å². The van der Waals surface area contributed by atoms with Crippen LogP contribution in [0.1, 0.15) is 95.8 Å². The molecule has 50 heavy (non-hydrogen) atoms. The highest BCUT2D eigenvalue weighted by Crippen LogP contribution is 2.51. The molecule has 0 aromatic carbocycles. The van der Waals surface area contributed by atoms with Crippen LogP contribution in [0.4, 0.5) is 0 Å². The van der Waals surface area contributed by atoms with Crippen LogP contribution in [0, 0.1) is 48.3 Å². The summed E-state index contributed by atoms with van der Waals surface area (Å²) in [7, 11) is 0. The number of Topliss-reactive ketones (excluding diaryl/α,β-unsaturated/α-hetero) is 2. The van der Waals surface area contributed by atoms with Gasteiger partial charge in [0.25, 0.3) is 0 Å². The van der Waals surface area contributed by atoms with Crippen LogP contribution in [-0.2, 0) is 22.4 Å². The topological polar surface area (TPSA) is 174 Å². The van der Waals surface area contributed by atoms with Crippen molar-refractivity contribution >= 4 is 35.1 Å². The van der Waals surface area contributed by atoms with Gasteiger partial charge in [0.2, 0.25) is 0 Å². The number of ketones is 2.